The van der Waals surface area contributed by atoms with Crippen molar-refractivity contribution >= 4 is 38.4 Å². The average Bonchev–Trinajstić information content (AvgIpc) is 2.43. The standard InChI is InChI=1S/C10H10BrClN2/c1-14-8-4-2-3-7(11)9(8)6(5-13)10(14)12/h2-4H,5,13H2,1H3. The molecule has 74 valence electrons. The van der Waals surface area contributed by atoms with Crippen molar-refractivity contribution in [3.8, 4) is 0 Å². The molecule has 0 amide bonds. The van der Waals surface area contributed by atoms with E-state index in [0.717, 1.165) is 26.1 Å². The van der Waals surface area contributed by atoms with Gasteiger partial charge < -0.3 is 10.3 Å². The van der Waals surface area contributed by atoms with Crippen LogP contribution in [0.1, 0.15) is 5.56 Å². The predicted molar refractivity (Wildman–Crippen MR) is 63.5 cm³/mol. The monoisotopic (exact) mass is 272 g/mol. The van der Waals surface area contributed by atoms with E-state index in [4.69, 9.17) is 17.3 Å². The molecular formula is C10H10BrClN2. The Morgan fingerprint density at radius 1 is 1.50 bits per heavy atom. The molecule has 0 radical (unpaired) electrons. The van der Waals surface area contributed by atoms with Crippen LogP contribution < -0.4 is 5.73 Å². The lowest BCUT2D eigenvalue weighted by atomic mass is 10.2. The van der Waals surface area contributed by atoms with E-state index in [1.54, 1.807) is 0 Å². The SMILES string of the molecule is Cn1c(Cl)c(CN)c2c(Br)cccc21. The molecule has 14 heavy (non-hydrogen) atoms. The highest BCUT2D eigenvalue weighted by Gasteiger charge is 2.13. The minimum Gasteiger partial charge on any atom is -0.334 e. The van der Waals surface area contributed by atoms with Crippen LogP contribution in [-0.4, -0.2) is 4.57 Å². The van der Waals surface area contributed by atoms with Gasteiger partial charge in [-0.25, -0.2) is 0 Å². The normalized spacial score (nSPS) is 11.1. The Hall–Kier alpha value is -0.510. The fourth-order valence-electron chi connectivity index (χ4n) is 1.69. The number of nitrogens with zero attached hydrogens (tertiary/aromatic N) is 1. The van der Waals surface area contributed by atoms with Crippen molar-refractivity contribution in [3.63, 3.8) is 0 Å². The smallest absolute Gasteiger partial charge is 0.114 e. The Morgan fingerprint density at radius 3 is 2.86 bits per heavy atom. The molecule has 0 fully saturated rings. The lowest BCUT2D eigenvalue weighted by Gasteiger charge is -1.97. The quantitative estimate of drug-likeness (QED) is 0.850. The van der Waals surface area contributed by atoms with Crippen molar-refractivity contribution < 1.29 is 0 Å². The van der Waals surface area contributed by atoms with Crippen LogP contribution in [0.25, 0.3) is 10.9 Å². The summed E-state index contributed by atoms with van der Waals surface area (Å²) in [7, 11) is 1.94. The van der Waals surface area contributed by atoms with Gasteiger partial charge in [0.1, 0.15) is 5.15 Å². The van der Waals surface area contributed by atoms with Gasteiger partial charge in [0.05, 0.1) is 5.52 Å². The van der Waals surface area contributed by atoms with E-state index < -0.39 is 0 Å². The summed E-state index contributed by atoms with van der Waals surface area (Å²) in [6.45, 7) is 0.457. The first-order valence-corrected chi connectivity index (χ1v) is 5.45. The van der Waals surface area contributed by atoms with Crippen molar-refractivity contribution in [2.75, 3.05) is 0 Å². The molecule has 0 aliphatic rings. The maximum absolute atomic E-state index is 6.17. The largest absolute Gasteiger partial charge is 0.334 e. The summed E-state index contributed by atoms with van der Waals surface area (Å²) in [5.41, 5.74) is 7.78. The van der Waals surface area contributed by atoms with E-state index >= 15 is 0 Å². The Bertz CT molecular complexity index is 490. The zero-order chi connectivity index (χ0) is 10.3. The fraction of sp³-hybridized carbons (Fsp3) is 0.200. The molecule has 2 nitrogen and oxygen atoms in total. The third kappa shape index (κ3) is 1.28. The molecule has 0 bridgehead atoms. The van der Waals surface area contributed by atoms with Gasteiger partial charge in [-0.3, -0.25) is 0 Å². The molecule has 0 aliphatic heterocycles. The van der Waals surface area contributed by atoms with Gasteiger partial charge in [-0.05, 0) is 12.1 Å². The third-order valence-corrected chi connectivity index (χ3v) is 3.54. The second-order valence-electron chi connectivity index (χ2n) is 3.17. The Kier molecular flexibility index (Phi) is 2.56. The summed E-state index contributed by atoms with van der Waals surface area (Å²) in [5, 5.41) is 1.83. The lowest BCUT2D eigenvalue weighted by molar-refractivity contribution is 0.950. The molecule has 0 atom stereocenters. The molecule has 0 aliphatic carbocycles. The van der Waals surface area contributed by atoms with E-state index in [-0.39, 0.29) is 0 Å². The van der Waals surface area contributed by atoms with Gasteiger partial charge in [-0.1, -0.05) is 33.6 Å². The summed E-state index contributed by atoms with van der Waals surface area (Å²) in [5.74, 6) is 0. The summed E-state index contributed by atoms with van der Waals surface area (Å²) in [6.07, 6.45) is 0. The van der Waals surface area contributed by atoms with E-state index in [1.165, 1.54) is 0 Å². The first-order chi connectivity index (χ1) is 6.66. The number of hydrogen-bond acceptors (Lipinski definition) is 1. The highest BCUT2D eigenvalue weighted by atomic mass is 79.9. The molecule has 2 rings (SSSR count). The molecule has 1 aromatic carbocycles. The van der Waals surface area contributed by atoms with Crippen molar-refractivity contribution in [1.29, 1.82) is 0 Å². The van der Waals surface area contributed by atoms with E-state index in [0.29, 0.717) is 6.54 Å². The molecule has 2 N–H and O–H groups in total. The summed E-state index contributed by atoms with van der Waals surface area (Å²) >= 11 is 9.68. The van der Waals surface area contributed by atoms with Crippen molar-refractivity contribution in [3.05, 3.63) is 33.4 Å². The van der Waals surface area contributed by atoms with Crippen LogP contribution in [0.3, 0.4) is 0 Å². The lowest BCUT2D eigenvalue weighted by Crippen LogP contribution is -1.96. The molecular weight excluding hydrogens is 263 g/mol. The number of rotatable bonds is 1. The van der Waals surface area contributed by atoms with Gasteiger partial charge in [0, 0.05) is 29.0 Å². The maximum Gasteiger partial charge on any atom is 0.114 e. The number of aromatic nitrogens is 1. The minimum absolute atomic E-state index is 0.457. The first kappa shape index (κ1) is 10.0. The van der Waals surface area contributed by atoms with Crippen LogP contribution in [-0.2, 0) is 13.6 Å². The predicted octanol–water partition coefficient (Wildman–Crippen LogP) is 3.05. The zero-order valence-corrected chi connectivity index (χ0v) is 10.1. The molecule has 0 saturated heterocycles. The van der Waals surface area contributed by atoms with Gasteiger partial charge in [0.15, 0.2) is 0 Å². The van der Waals surface area contributed by atoms with Crippen molar-refractivity contribution in [2.24, 2.45) is 12.8 Å². The van der Waals surface area contributed by atoms with Gasteiger partial charge >= 0.3 is 0 Å². The van der Waals surface area contributed by atoms with Crippen molar-refractivity contribution in [2.45, 2.75) is 6.54 Å². The first-order valence-electron chi connectivity index (χ1n) is 4.28. The Balaban J connectivity index is 2.96. The number of hydrogen-bond donors (Lipinski definition) is 1. The molecule has 0 unspecified atom stereocenters. The summed E-state index contributed by atoms with van der Waals surface area (Å²) in [4.78, 5) is 0. The van der Waals surface area contributed by atoms with Crippen LogP contribution in [0.15, 0.2) is 22.7 Å². The molecule has 2 aromatic rings. The van der Waals surface area contributed by atoms with Crippen LogP contribution in [0.2, 0.25) is 5.15 Å². The van der Waals surface area contributed by atoms with Crippen LogP contribution in [0.4, 0.5) is 0 Å². The fourth-order valence-corrected chi connectivity index (χ4v) is 2.55. The van der Waals surface area contributed by atoms with Gasteiger partial charge in [-0.2, -0.15) is 0 Å². The van der Waals surface area contributed by atoms with E-state index in [1.807, 2.05) is 29.8 Å². The van der Waals surface area contributed by atoms with Crippen LogP contribution in [0.5, 0.6) is 0 Å². The number of aryl methyl sites for hydroxylation is 1. The molecule has 0 saturated carbocycles. The summed E-state index contributed by atoms with van der Waals surface area (Å²) in [6, 6.07) is 6.02. The third-order valence-electron chi connectivity index (χ3n) is 2.40. The van der Waals surface area contributed by atoms with Crippen molar-refractivity contribution in [1.82, 2.24) is 4.57 Å². The van der Waals surface area contributed by atoms with E-state index in [9.17, 15) is 0 Å². The Morgan fingerprint density at radius 2 is 2.21 bits per heavy atom. The van der Waals surface area contributed by atoms with Crippen LogP contribution >= 0.6 is 27.5 Å². The molecule has 1 heterocycles. The molecule has 1 aromatic heterocycles. The van der Waals surface area contributed by atoms with Crippen LogP contribution in [0, 0.1) is 0 Å². The second kappa shape index (κ2) is 3.57. The average molecular weight is 274 g/mol. The van der Waals surface area contributed by atoms with Gasteiger partial charge in [-0.15, -0.1) is 0 Å². The highest BCUT2D eigenvalue weighted by molar-refractivity contribution is 9.10. The number of benzene rings is 1. The minimum atomic E-state index is 0.457. The van der Waals surface area contributed by atoms with Gasteiger partial charge in [0.2, 0.25) is 0 Å². The topological polar surface area (TPSA) is 30.9 Å². The number of fused-ring (bicyclic) bond motifs is 1. The molecule has 4 heteroatoms. The zero-order valence-electron chi connectivity index (χ0n) is 7.72. The van der Waals surface area contributed by atoms with Gasteiger partial charge in [0.25, 0.3) is 0 Å². The second-order valence-corrected chi connectivity index (χ2v) is 4.38. The summed E-state index contributed by atoms with van der Waals surface area (Å²) < 4.78 is 2.99. The number of nitrogens with two attached hydrogens (primary N) is 1. The van der Waals surface area contributed by atoms with E-state index in [2.05, 4.69) is 15.9 Å². The molecule has 0 spiro atoms. The Labute approximate surface area is 95.8 Å². The maximum atomic E-state index is 6.17. The number of halogens is 2. The highest BCUT2D eigenvalue weighted by Crippen LogP contribution is 2.33.